The Morgan fingerprint density at radius 1 is 0.886 bits per heavy atom. The Labute approximate surface area is 257 Å². The van der Waals surface area contributed by atoms with Crippen LogP contribution >= 0.6 is 0 Å². The second-order valence-electron chi connectivity index (χ2n) is 10.4. The minimum absolute atomic E-state index is 0.215. The first-order valence-corrected chi connectivity index (χ1v) is 14.1. The molecule has 5 N–H and O–H groups in total. The number of carbonyl (C=O) groups excluding carboxylic acids is 2. The molecule has 0 aliphatic rings. The monoisotopic (exact) mass is 593 g/mol. The van der Waals surface area contributed by atoms with E-state index in [9.17, 15) is 19.6 Å². The van der Waals surface area contributed by atoms with E-state index in [2.05, 4.69) is 17.2 Å². The van der Waals surface area contributed by atoms with Gasteiger partial charge < -0.3 is 30.4 Å². The van der Waals surface area contributed by atoms with E-state index in [-0.39, 0.29) is 11.8 Å². The summed E-state index contributed by atoms with van der Waals surface area (Å²) in [5, 5.41) is 33.9. The van der Waals surface area contributed by atoms with Crippen molar-refractivity contribution in [3.8, 4) is 16.9 Å². The molecule has 1 radical (unpaired) electrons. The maximum atomic E-state index is 13.2. The van der Waals surface area contributed by atoms with E-state index in [0.717, 1.165) is 22.3 Å². The van der Waals surface area contributed by atoms with Crippen LogP contribution in [0.1, 0.15) is 34.8 Å². The lowest BCUT2D eigenvalue weighted by atomic mass is 9.79. The van der Waals surface area contributed by atoms with E-state index in [1.54, 1.807) is 37.4 Å². The number of nitrogens with zero attached hydrogens (tertiary/aromatic N) is 2. The molecule has 0 spiro atoms. The van der Waals surface area contributed by atoms with Crippen LogP contribution in [0.2, 0.25) is 0 Å². The highest BCUT2D eigenvalue weighted by molar-refractivity contribution is 6.58. The summed E-state index contributed by atoms with van der Waals surface area (Å²) < 4.78 is 8.99. The zero-order valence-electron chi connectivity index (χ0n) is 24.5. The molecule has 4 rings (SSSR count). The molecule has 0 unspecified atom stereocenters. The van der Waals surface area contributed by atoms with E-state index in [1.165, 1.54) is 0 Å². The Balaban J connectivity index is 1.58. The summed E-state index contributed by atoms with van der Waals surface area (Å²) in [6.45, 7) is 6.99. The van der Waals surface area contributed by atoms with E-state index in [0.29, 0.717) is 62.6 Å². The summed E-state index contributed by atoms with van der Waals surface area (Å²) in [7, 11) is -0.934. The number of hydrogen-bond acceptors (Lipinski definition) is 6. The lowest BCUT2D eigenvalue weighted by Crippen LogP contribution is -2.38. The first-order chi connectivity index (χ1) is 21.2. The smallest absolute Gasteiger partial charge is 0.537 e. The number of amides is 2. The molecule has 0 saturated heterocycles. The predicted molar refractivity (Wildman–Crippen MR) is 167 cm³/mol. The van der Waals surface area contributed by atoms with Gasteiger partial charge >= 0.3 is 14.8 Å². The molecular weight excluding hydrogens is 558 g/mol. The molecule has 4 aromatic rings. The number of hydrogen-bond donors (Lipinski definition) is 5. The number of carbonyl (C=O) groups is 2. The van der Waals surface area contributed by atoms with Crippen LogP contribution in [-0.2, 0) is 17.9 Å². The molecule has 2 heterocycles. The molecule has 0 bridgehead atoms. The van der Waals surface area contributed by atoms with Crippen LogP contribution in [0.15, 0.2) is 104 Å². The Morgan fingerprint density at radius 3 is 2.34 bits per heavy atom. The van der Waals surface area contributed by atoms with Crippen molar-refractivity contribution < 1.29 is 38.4 Å². The quantitative estimate of drug-likeness (QED) is 0.0623. The molecular formula is C32H35B2N4O6+2. The number of benzene rings is 2. The second-order valence-corrected chi connectivity index (χ2v) is 10.4. The van der Waals surface area contributed by atoms with Crippen LogP contribution in [-0.4, -0.2) is 54.8 Å². The van der Waals surface area contributed by atoms with Gasteiger partial charge in [0.15, 0.2) is 37.9 Å². The van der Waals surface area contributed by atoms with E-state index in [1.807, 2.05) is 70.2 Å². The summed E-state index contributed by atoms with van der Waals surface area (Å²) >= 11 is 0. The number of pyridine rings is 2. The van der Waals surface area contributed by atoms with Crippen molar-refractivity contribution in [3.63, 3.8) is 0 Å². The minimum Gasteiger partial charge on any atom is -0.537 e. The molecule has 2 aromatic carbocycles. The maximum Gasteiger partial charge on any atom is 0.569 e. The molecule has 10 nitrogen and oxygen atoms in total. The third-order valence-electron chi connectivity index (χ3n) is 6.75. The fourth-order valence-corrected chi connectivity index (χ4v) is 4.60. The molecule has 0 saturated carbocycles. The van der Waals surface area contributed by atoms with Crippen LogP contribution < -0.4 is 29.9 Å². The second kappa shape index (κ2) is 15.6. The van der Waals surface area contributed by atoms with Crippen molar-refractivity contribution >= 4 is 32.1 Å². The van der Waals surface area contributed by atoms with Crippen molar-refractivity contribution in [2.75, 3.05) is 13.1 Å². The van der Waals surface area contributed by atoms with Crippen molar-refractivity contribution in [1.82, 2.24) is 10.6 Å². The Kier molecular flexibility index (Phi) is 11.4. The van der Waals surface area contributed by atoms with Crippen LogP contribution in [0.3, 0.4) is 0 Å². The summed E-state index contributed by atoms with van der Waals surface area (Å²) in [6, 6.07) is 20.1. The van der Waals surface area contributed by atoms with Crippen molar-refractivity contribution in [2.45, 2.75) is 26.4 Å². The van der Waals surface area contributed by atoms with Crippen molar-refractivity contribution in [2.24, 2.45) is 0 Å². The van der Waals surface area contributed by atoms with Crippen LogP contribution in [0.5, 0.6) is 5.75 Å². The molecule has 2 aromatic heterocycles. The zero-order chi connectivity index (χ0) is 31.5. The molecule has 12 heteroatoms. The number of nitrogens with one attached hydrogen (secondary N) is 2. The van der Waals surface area contributed by atoms with Gasteiger partial charge in [-0.15, -0.1) is 0 Å². The maximum absolute atomic E-state index is 13.2. The van der Waals surface area contributed by atoms with E-state index in [4.69, 9.17) is 9.68 Å². The SMILES string of the molecule is C=C(C)C(=O)NCCCNC(=O)c1cc(-c2ccc[n+](Cc3cccc(O[B]O)c3)c2)c[n+](Cc2cccc(B(O)O)c2)c1. The summed E-state index contributed by atoms with van der Waals surface area (Å²) in [4.78, 5) is 24.9. The lowest BCUT2D eigenvalue weighted by Gasteiger charge is -2.09. The van der Waals surface area contributed by atoms with Crippen LogP contribution in [0, 0.1) is 0 Å². The fraction of sp³-hybridized carbons (Fsp3) is 0.188. The third kappa shape index (κ3) is 9.37. The highest BCUT2D eigenvalue weighted by Gasteiger charge is 2.18. The molecule has 0 aliphatic carbocycles. The molecule has 0 aliphatic heterocycles. The molecule has 44 heavy (non-hydrogen) atoms. The molecule has 0 fully saturated rings. The van der Waals surface area contributed by atoms with Gasteiger partial charge in [0.05, 0.1) is 11.1 Å². The normalized spacial score (nSPS) is 10.5. The van der Waals surface area contributed by atoms with Gasteiger partial charge in [-0.3, -0.25) is 9.59 Å². The zero-order valence-corrected chi connectivity index (χ0v) is 24.5. The third-order valence-corrected chi connectivity index (χ3v) is 6.75. The first-order valence-electron chi connectivity index (χ1n) is 14.1. The first kappa shape index (κ1) is 32.2. The lowest BCUT2D eigenvalue weighted by molar-refractivity contribution is -0.689. The number of rotatable bonds is 14. The predicted octanol–water partition coefficient (Wildman–Crippen LogP) is 0.423. The average molecular weight is 593 g/mol. The molecule has 2 amide bonds. The summed E-state index contributed by atoms with van der Waals surface area (Å²) in [5.41, 5.74) is 4.76. The Bertz CT molecular complexity index is 1630. The van der Waals surface area contributed by atoms with E-state index >= 15 is 0 Å². The van der Waals surface area contributed by atoms with Gasteiger partial charge in [0.25, 0.3) is 5.91 Å². The minimum atomic E-state index is -1.58. The molecule has 0 atom stereocenters. The largest absolute Gasteiger partial charge is 0.569 e. The van der Waals surface area contributed by atoms with Gasteiger partial charge in [-0.05, 0) is 43.1 Å². The van der Waals surface area contributed by atoms with E-state index < -0.39 is 7.12 Å². The van der Waals surface area contributed by atoms with Gasteiger partial charge in [-0.1, -0.05) is 43.0 Å². The summed E-state index contributed by atoms with van der Waals surface area (Å²) in [6.07, 6.45) is 8.18. The average Bonchev–Trinajstić information content (AvgIpc) is 3.01. The highest BCUT2D eigenvalue weighted by atomic mass is 16.5. The topological polar surface area (TPSA) is 136 Å². The van der Waals surface area contributed by atoms with Gasteiger partial charge in [-0.2, -0.15) is 4.57 Å². The van der Waals surface area contributed by atoms with Crippen LogP contribution in [0.4, 0.5) is 0 Å². The van der Waals surface area contributed by atoms with Crippen molar-refractivity contribution in [1.29, 1.82) is 0 Å². The van der Waals surface area contributed by atoms with Gasteiger partial charge in [0.1, 0.15) is 11.3 Å². The Morgan fingerprint density at radius 2 is 1.59 bits per heavy atom. The standard InChI is InChI=1S/C32H33B2N4O6/c1-23(2)31(39)35-12-6-13-36-32(40)28-17-27(21-38(22-28)19-24-7-3-10-29(15-24)34(42)43)26-9-5-14-37(20-26)18-25-8-4-11-30(16-25)44-33-41/h3-5,7-11,14-17,20-22,41-43H,1,6,12-13,18-19H2,2H3/p+2. The van der Waals surface area contributed by atoms with Gasteiger partial charge in [0.2, 0.25) is 5.91 Å². The van der Waals surface area contributed by atoms with Crippen LogP contribution in [0.25, 0.3) is 11.1 Å². The Hall–Kier alpha value is -4.77. The number of aromatic nitrogens is 2. The van der Waals surface area contributed by atoms with Crippen molar-refractivity contribution in [3.05, 3.63) is 120 Å². The molecule has 223 valence electrons. The fourth-order valence-electron chi connectivity index (χ4n) is 4.60. The van der Waals surface area contributed by atoms with Gasteiger partial charge in [-0.25, -0.2) is 4.57 Å². The van der Waals surface area contributed by atoms with Gasteiger partial charge in [0, 0.05) is 35.9 Å². The summed E-state index contributed by atoms with van der Waals surface area (Å²) in [5.74, 6) is 0.0535. The highest BCUT2D eigenvalue weighted by Crippen LogP contribution is 2.18.